The molecule has 0 atom stereocenters. The van der Waals surface area contributed by atoms with Gasteiger partial charge < -0.3 is 15.4 Å². The van der Waals surface area contributed by atoms with E-state index in [1.54, 1.807) is 7.11 Å². The van der Waals surface area contributed by atoms with Crippen LogP contribution in [0.3, 0.4) is 0 Å². The zero-order chi connectivity index (χ0) is 21.0. The predicted octanol–water partition coefficient (Wildman–Crippen LogP) is 3.26. The third kappa shape index (κ3) is 4.58. The van der Waals surface area contributed by atoms with E-state index in [9.17, 15) is 4.79 Å². The smallest absolute Gasteiger partial charge is 0.220 e. The number of aryl methyl sites for hydroxylation is 2. The highest BCUT2D eigenvalue weighted by atomic mass is 16.5. The molecule has 2 heterocycles. The minimum Gasteiger partial charge on any atom is -0.494 e. The zero-order valence-electron chi connectivity index (χ0n) is 17.9. The van der Waals surface area contributed by atoms with Crippen LogP contribution in [0.1, 0.15) is 44.5 Å². The van der Waals surface area contributed by atoms with Crippen LogP contribution in [0.4, 0.5) is 5.82 Å². The molecule has 0 spiro atoms. The number of fused-ring (bicyclic) bond motifs is 3. The maximum atomic E-state index is 11.7. The van der Waals surface area contributed by atoms with Gasteiger partial charge in [-0.1, -0.05) is 19.9 Å². The average molecular weight is 399 g/mol. The Bertz CT molecular complexity index is 1010. The number of hydrogen-bond donors (Lipinski definition) is 2. The van der Waals surface area contributed by atoms with Gasteiger partial charge in [0.25, 0.3) is 0 Å². The summed E-state index contributed by atoms with van der Waals surface area (Å²) < 4.78 is 7.60. The predicted molar refractivity (Wildman–Crippen MR) is 115 cm³/mol. The van der Waals surface area contributed by atoms with E-state index in [2.05, 4.69) is 20.8 Å². The van der Waals surface area contributed by atoms with E-state index in [0.29, 0.717) is 30.3 Å². The molecule has 1 aromatic carbocycles. The highest BCUT2D eigenvalue weighted by Gasteiger charge is 2.16. The second-order valence-corrected chi connectivity index (χ2v) is 7.73. The lowest BCUT2D eigenvalue weighted by atomic mass is 10.1. The highest BCUT2D eigenvalue weighted by molar-refractivity contribution is 5.88. The summed E-state index contributed by atoms with van der Waals surface area (Å²) in [5.74, 6) is 2.74. The van der Waals surface area contributed by atoms with Crippen LogP contribution in [0, 0.1) is 19.8 Å². The van der Waals surface area contributed by atoms with Crippen molar-refractivity contribution < 1.29 is 9.53 Å². The molecular formula is C21H30N6O2. The molecule has 2 N–H and O–H groups in total. The van der Waals surface area contributed by atoms with Gasteiger partial charge in [0.1, 0.15) is 17.1 Å². The number of nitrogens with zero attached hydrogens (tertiary/aromatic N) is 4. The molecule has 0 fully saturated rings. The summed E-state index contributed by atoms with van der Waals surface area (Å²) in [5, 5.41) is 14.9. The van der Waals surface area contributed by atoms with Crippen molar-refractivity contribution in [1.29, 1.82) is 0 Å². The first-order valence-corrected chi connectivity index (χ1v) is 10.1. The van der Waals surface area contributed by atoms with E-state index in [-0.39, 0.29) is 5.91 Å². The maximum Gasteiger partial charge on any atom is 0.220 e. The van der Waals surface area contributed by atoms with Gasteiger partial charge in [0.2, 0.25) is 11.6 Å². The molecule has 8 heteroatoms. The van der Waals surface area contributed by atoms with Crippen molar-refractivity contribution in [3.8, 4) is 5.75 Å². The number of anilines is 1. The lowest BCUT2D eigenvalue weighted by molar-refractivity contribution is -0.121. The molecule has 2 aromatic heterocycles. The fraction of sp³-hybridized carbons (Fsp3) is 0.524. The molecule has 29 heavy (non-hydrogen) atoms. The number of rotatable bonds is 9. The van der Waals surface area contributed by atoms with Crippen LogP contribution in [-0.2, 0) is 4.79 Å². The molecule has 3 rings (SSSR count). The summed E-state index contributed by atoms with van der Waals surface area (Å²) in [6.07, 6.45) is 2.38. The van der Waals surface area contributed by atoms with Crippen molar-refractivity contribution in [2.75, 3.05) is 25.5 Å². The standard InChI is InChI=1S/C21H30N6O2/c1-13(2)12-17(28)22-10-6-7-11-23-20-21-26-25-15(4)27(21)16-9-8-14(3)19(29-5)18(16)24-20/h8-9,13H,6-7,10-12H2,1-5H3,(H,22,28)(H,23,24). The SMILES string of the molecule is COc1c(C)ccc2c1nc(NCCCCNC(=O)CC(C)C)c1nnc(C)n12. The molecular weight excluding hydrogens is 368 g/mol. The third-order valence-electron chi connectivity index (χ3n) is 4.82. The number of carbonyl (C=O) groups is 1. The van der Waals surface area contributed by atoms with Crippen molar-refractivity contribution in [3.63, 3.8) is 0 Å². The van der Waals surface area contributed by atoms with Gasteiger partial charge in [0.05, 0.1) is 12.6 Å². The molecule has 3 aromatic rings. The molecule has 1 amide bonds. The number of amides is 1. The second-order valence-electron chi connectivity index (χ2n) is 7.73. The zero-order valence-corrected chi connectivity index (χ0v) is 17.9. The molecule has 0 saturated carbocycles. The van der Waals surface area contributed by atoms with Gasteiger partial charge in [-0.2, -0.15) is 0 Å². The topological polar surface area (TPSA) is 93.4 Å². The van der Waals surface area contributed by atoms with Crippen LogP contribution in [-0.4, -0.2) is 45.7 Å². The molecule has 0 unspecified atom stereocenters. The van der Waals surface area contributed by atoms with E-state index in [4.69, 9.17) is 9.72 Å². The van der Waals surface area contributed by atoms with Gasteiger partial charge in [-0.25, -0.2) is 4.98 Å². The van der Waals surface area contributed by atoms with Crippen molar-refractivity contribution in [3.05, 3.63) is 23.5 Å². The Labute approximate surface area is 171 Å². The number of hydrogen-bond acceptors (Lipinski definition) is 6. The van der Waals surface area contributed by atoms with Gasteiger partial charge in [-0.3, -0.25) is 9.20 Å². The fourth-order valence-corrected chi connectivity index (χ4v) is 3.42. The highest BCUT2D eigenvalue weighted by Crippen LogP contribution is 2.31. The molecule has 0 bridgehead atoms. The maximum absolute atomic E-state index is 11.7. The van der Waals surface area contributed by atoms with Gasteiger partial charge >= 0.3 is 0 Å². The number of ether oxygens (including phenoxy) is 1. The van der Waals surface area contributed by atoms with Gasteiger partial charge in [0.15, 0.2) is 5.82 Å². The Balaban J connectivity index is 1.71. The molecule has 156 valence electrons. The van der Waals surface area contributed by atoms with Gasteiger partial charge in [-0.15, -0.1) is 10.2 Å². The second kappa shape index (κ2) is 9.07. The van der Waals surface area contributed by atoms with E-state index in [0.717, 1.165) is 47.6 Å². The number of nitrogens with one attached hydrogen (secondary N) is 2. The largest absolute Gasteiger partial charge is 0.494 e. The molecule has 0 aliphatic heterocycles. The van der Waals surface area contributed by atoms with Crippen LogP contribution in [0.25, 0.3) is 16.7 Å². The van der Waals surface area contributed by atoms with E-state index < -0.39 is 0 Å². The summed E-state index contributed by atoms with van der Waals surface area (Å²) in [6.45, 7) is 9.44. The third-order valence-corrected chi connectivity index (χ3v) is 4.82. The lowest BCUT2D eigenvalue weighted by Crippen LogP contribution is -2.25. The van der Waals surface area contributed by atoms with E-state index >= 15 is 0 Å². The molecule has 0 saturated heterocycles. The number of benzene rings is 1. The summed E-state index contributed by atoms with van der Waals surface area (Å²) in [4.78, 5) is 16.5. The monoisotopic (exact) mass is 398 g/mol. The van der Waals surface area contributed by atoms with Crippen molar-refractivity contribution in [2.24, 2.45) is 5.92 Å². The molecule has 0 radical (unpaired) electrons. The molecule has 0 aliphatic rings. The van der Waals surface area contributed by atoms with Crippen molar-refractivity contribution in [1.82, 2.24) is 24.9 Å². The van der Waals surface area contributed by atoms with Gasteiger partial charge in [0, 0.05) is 19.5 Å². The average Bonchev–Trinajstić information content (AvgIpc) is 3.06. The van der Waals surface area contributed by atoms with Crippen LogP contribution in [0.5, 0.6) is 5.75 Å². The Morgan fingerprint density at radius 2 is 1.93 bits per heavy atom. The Morgan fingerprint density at radius 3 is 2.66 bits per heavy atom. The summed E-state index contributed by atoms with van der Waals surface area (Å²) in [5.41, 5.74) is 3.43. The van der Waals surface area contributed by atoms with E-state index in [1.165, 1.54) is 0 Å². The molecule has 0 aliphatic carbocycles. The summed E-state index contributed by atoms with van der Waals surface area (Å²) in [6, 6.07) is 4.04. The van der Waals surface area contributed by atoms with Crippen molar-refractivity contribution >= 4 is 28.4 Å². The van der Waals surface area contributed by atoms with E-state index in [1.807, 2.05) is 44.2 Å². The minimum absolute atomic E-state index is 0.118. The minimum atomic E-state index is 0.118. The Hall–Kier alpha value is -2.90. The van der Waals surface area contributed by atoms with Crippen LogP contribution < -0.4 is 15.4 Å². The lowest BCUT2D eigenvalue weighted by Gasteiger charge is -2.13. The number of unbranched alkanes of at least 4 members (excludes halogenated alkanes) is 1. The first-order chi connectivity index (χ1) is 13.9. The number of aromatic nitrogens is 4. The van der Waals surface area contributed by atoms with Crippen LogP contribution in [0.15, 0.2) is 12.1 Å². The Kier molecular flexibility index (Phi) is 6.51. The molecule has 8 nitrogen and oxygen atoms in total. The van der Waals surface area contributed by atoms with Crippen molar-refractivity contribution in [2.45, 2.75) is 47.0 Å². The summed E-state index contributed by atoms with van der Waals surface area (Å²) >= 11 is 0. The summed E-state index contributed by atoms with van der Waals surface area (Å²) in [7, 11) is 1.66. The quantitative estimate of drug-likeness (QED) is 0.538. The normalized spacial score (nSPS) is 11.4. The Morgan fingerprint density at radius 1 is 1.17 bits per heavy atom. The fourth-order valence-electron chi connectivity index (χ4n) is 3.42. The van der Waals surface area contributed by atoms with Gasteiger partial charge in [-0.05, 0) is 44.2 Å². The first kappa shape index (κ1) is 20.8. The van der Waals surface area contributed by atoms with Crippen LogP contribution >= 0.6 is 0 Å². The number of methoxy groups -OCH3 is 1. The first-order valence-electron chi connectivity index (χ1n) is 10.1. The number of carbonyl (C=O) groups excluding carboxylic acids is 1. The van der Waals surface area contributed by atoms with Crippen LogP contribution in [0.2, 0.25) is 0 Å².